The fraction of sp³-hybridized carbons (Fsp3) is 0.368. The van der Waals surface area contributed by atoms with Gasteiger partial charge in [-0.05, 0) is 48.2 Å². The van der Waals surface area contributed by atoms with E-state index in [4.69, 9.17) is 4.74 Å². The number of urea groups is 1. The molecule has 4 rings (SSSR count). The van der Waals surface area contributed by atoms with E-state index in [0.29, 0.717) is 12.2 Å². The van der Waals surface area contributed by atoms with E-state index in [2.05, 4.69) is 22.4 Å². The molecule has 1 aromatic carbocycles. The number of carbonyl (C=O) groups is 1. The summed E-state index contributed by atoms with van der Waals surface area (Å²) in [5.74, 6) is 0.485. The van der Waals surface area contributed by atoms with Gasteiger partial charge in [-0.15, -0.1) is 0 Å². The number of amides is 2. The van der Waals surface area contributed by atoms with Gasteiger partial charge in [-0.2, -0.15) is 0 Å². The van der Waals surface area contributed by atoms with Crippen molar-refractivity contribution < 1.29 is 13.9 Å². The summed E-state index contributed by atoms with van der Waals surface area (Å²) in [4.78, 5) is 18.4. The van der Waals surface area contributed by atoms with Crippen LogP contribution in [0.1, 0.15) is 29.7 Å². The Hall–Kier alpha value is -2.63. The Morgan fingerprint density at radius 1 is 1.36 bits per heavy atom. The van der Waals surface area contributed by atoms with E-state index in [1.807, 2.05) is 11.0 Å². The number of nitrogens with zero attached hydrogens (tertiary/aromatic N) is 2. The quantitative estimate of drug-likeness (QED) is 0.934. The molecular formula is C19H20FN3O2. The predicted molar refractivity (Wildman–Crippen MR) is 90.7 cm³/mol. The van der Waals surface area contributed by atoms with Crippen molar-refractivity contribution in [2.75, 3.05) is 13.7 Å². The number of nitrogens with one attached hydrogen (secondary N) is 1. The predicted octanol–water partition coefficient (Wildman–Crippen LogP) is 2.99. The van der Waals surface area contributed by atoms with Crippen LogP contribution in [0.5, 0.6) is 5.75 Å². The largest absolute Gasteiger partial charge is 0.497 e. The maximum absolute atomic E-state index is 12.9. The molecule has 25 heavy (non-hydrogen) atoms. The molecule has 0 unspecified atom stereocenters. The fourth-order valence-electron chi connectivity index (χ4n) is 3.54. The second-order valence-electron chi connectivity index (χ2n) is 6.79. The molecular weight excluding hydrogens is 321 g/mol. The van der Waals surface area contributed by atoms with Crippen molar-refractivity contribution >= 4 is 6.03 Å². The molecule has 1 aliphatic heterocycles. The number of hydrogen-bond donors (Lipinski definition) is 1. The van der Waals surface area contributed by atoms with Crippen LogP contribution in [0.4, 0.5) is 9.18 Å². The van der Waals surface area contributed by atoms with Gasteiger partial charge in [0.2, 0.25) is 0 Å². The number of hydrogen-bond acceptors (Lipinski definition) is 3. The van der Waals surface area contributed by atoms with E-state index in [-0.39, 0.29) is 23.8 Å². The van der Waals surface area contributed by atoms with Crippen molar-refractivity contribution in [3.63, 3.8) is 0 Å². The maximum Gasteiger partial charge on any atom is 0.318 e. The minimum absolute atomic E-state index is 0.0770. The van der Waals surface area contributed by atoms with E-state index < -0.39 is 0 Å². The smallest absolute Gasteiger partial charge is 0.318 e. The average Bonchev–Trinajstić information content (AvgIpc) is 3.40. The van der Waals surface area contributed by atoms with Crippen LogP contribution in [0.2, 0.25) is 0 Å². The topological polar surface area (TPSA) is 54.5 Å². The van der Waals surface area contributed by atoms with Crippen molar-refractivity contribution in [3.05, 3.63) is 59.2 Å². The lowest BCUT2D eigenvalue weighted by atomic mass is 9.87. The molecule has 0 bridgehead atoms. The van der Waals surface area contributed by atoms with Crippen molar-refractivity contribution in [1.82, 2.24) is 15.2 Å². The third-order valence-corrected chi connectivity index (χ3v) is 5.09. The lowest BCUT2D eigenvalue weighted by molar-refractivity contribution is 0.182. The Morgan fingerprint density at radius 3 is 2.88 bits per heavy atom. The van der Waals surface area contributed by atoms with Gasteiger partial charge in [0.1, 0.15) is 11.6 Å². The van der Waals surface area contributed by atoms with Gasteiger partial charge in [0, 0.05) is 18.5 Å². The zero-order chi connectivity index (χ0) is 17.4. The number of benzene rings is 1. The molecule has 0 radical (unpaired) electrons. The Bertz CT molecular complexity index is 803. The summed E-state index contributed by atoms with van der Waals surface area (Å²) in [5.41, 5.74) is 3.21. The number of carbonyl (C=O) groups excluding carboxylic acids is 1. The number of methoxy groups -OCH3 is 1. The van der Waals surface area contributed by atoms with Gasteiger partial charge in [-0.1, -0.05) is 6.07 Å². The Kier molecular flexibility index (Phi) is 3.82. The standard InChI is InChI=1S/C19H20FN3O2/c1-25-16-5-2-13-11-23(12-19(6-7-19)17(13)8-16)18(24)22-10-15-4-3-14(20)9-21-15/h2-5,8-9H,6-7,10-12H2,1H3,(H,22,24). The molecule has 1 saturated carbocycles. The highest BCUT2D eigenvalue weighted by Gasteiger charge is 2.50. The molecule has 1 aromatic heterocycles. The van der Waals surface area contributed by atoms with E-state index in [9.17, 15) is 9.18 Å². The first-order valence-electron chi connectivity index (χ1n) is 8.40. The van der Waals surface area contributed by atoms with Gasteiger partial charge in [-0.25, -0.2) is 9.18 Å². The molecule has 1 fully saturated rings. The highest BCUT2D eigenvalue weighted by molar-refractivity contribution is 5.75. The van der Waals surface area contributed by atoms with Crippen molar-refractivity contribution in [1.29, 1.82) is 0 Å². The van der Waals surface area contributed by atoms with Crippen molar-refractivity contribution in [2.45, 2.75) is 31.3 Å². The minimum atomic E-state index is -0.381. The molecule has 2 aromatic rings. The molecule has 5 nitrogen and oxygen atoms in total. The average molecular weight is 341 g/mol. The molecule has 1 spiro atoms. The van der Waals surface area contributed by atoms with Crippen LogP contribution < -0.4 is 10.1 Å². The molecule has 130 valence electrons. The van der Waals surface area contributed by atoms with Crippen molar-refractivity contribution in [2.24, 2.45) is 0 Å². The molecule has 1 N–H and O–H groups in total. The summed E-state index contributed by atoms with van der Waals surface area (Å²) in [6.07, 6.45) is 3.35. The zero-order valence-electron chi connectivity index (χ0n) is 14.1. The second kappa shape index (κ2) is 6.02. The first-order chi connectivity index (χ1) is 12.1. The summed E-state index contributed by atoms with van der Waals surface area (Å²) in [7, 11) is 1.67. The van der Waals surface area contributed by atoms with E-state index >= 15 is 0 Å². The summed E-state index contributed by atoms with van der Waals surface area (Å²) in [6, 6.07) is 8.92. The van der Waals surface area contributed by atoms with Gasteiger partial charge < -0.3 is 15.0 Å². The van der Waals surface area contributed by atoms with E-state index in [1.54, 1.807) is 13.2 Å². The summed E-state index contributed by atoms with van der Waals surface area (Å²) in [5, 5.41) is 2.88. The second-order valence-corrected chi connectivity index (χ2v) is 6.79. The van der Waals surface area contributed by atoms with E-state index in [1.165, 1.54) is 17.2 Å². The number of ether oxygens (including phenoxy) is 1. The molecule has 2 heterocycles. The molecule has 2 aliphatic rings. The van der Waals surface area contributed by atoms with Gasteiger partial charge in [0.15, 0.2) is 0 Å². The third-order valence-electron chi connectivity index (χ3n) is 5.09. The lowest BCUT2D eigenvalue weighted by Crippen LogP contribution is -2.46. The number of pyridine rings is 1. The number of fused-ring (bicyclic) bond motifs is 2. The summed E-state index contributed by atoms with van der Waals surface area (Å²) < 4.78 is 18.2. The zero-order valence-corrected chi connectivity index (χ0v) is 14.1. The monoisotopic (exact) mass is 341 g/mol. The third kappa shape index (κ3) is 3.04. The number of aromatic nitrogens is 1. The van der Waals surface area contributed by atoms with Crippen molar-refractivity contribution in [3.8, 4) is 5.75 Å². The van der Waals surface area contributed by atoms with Crippen LogP contribution in [0.25, 0.3) is 0 Å². The van der Waals surface area contributed by atoms with Gasteiger partial charge in [0.05, 0.1) is 25.5 Å². The Morgan fingerprint density at radius 2 is 2.20 bits per heavy atom. The van der Waals surface area contributed by atoms with Crippen LogP contribution >= 0.6 is 0 Å². The van der Waals surface area contributed by atoms with Crippen LogP contribution in [0.15, 0.2) is 36.5 Å². The minimum Gasteiger partial charge on any atom is -0.497 e. The molecule has 0 atom stereocenters. The van der Waals surface area contributed by atoms with Crippen LogP contribution in [-0.4, -0.2) is 29.6 Å². The molecule has 6 heteroatoms. The summed E-state index contributed by atoms with van der Waals surface area (Å²) in [6.45, 7) is 1.59. The van der Waals surface area contributed by atoms with Crippen LogP contribution in [0.3, 0.4) is 0 Å². The Balaban J connectivity index is 1.46. The first-order valence-corrected chi connectivity index (χ1v) is 8.40. The van der Waals surface area contributed by atoms with Gasteiger partial charge in [0.25, 0.3) is 0 Å². The fourth-order valence-corrected chi connectivity index (χ4v) is 3.54. The first kappa shape index (κ1) is 15.9. The Labute approximate surface area is 145 Å². The van der Waals surface area contributed by atoms with E-state index in [0.717, 1.165) is 31.3 Å². The molecule has 2 amide bonds. The normalized spacial score (nSPS) is 17.1. The molecule has 1 aliphatic carbocycles. The lowest BCUT2D eigenvalue weighted by Gasteiger charge is -2.35. The SMILES string of the molecule is COc1ccc2c(c1)C1(CC1)CN(C(=O)NCc1ccc(F)cn1)C2. The van der Waals surface area contributed by atoms with Gasteiger partial charge in [-0.3, -0.25) is 4.98 Å². The highest BCUT2D eigenvalue weighted by Crippen LogP contribution is 2.53. The summed E-state index contributed by atoms with van der Waals surface area (Å²) >= 11 is 0. The number of halogens is 1. The highest BCUT2D eigenvalue weighted by atomic mass is 19.1. The molecule has 0 saturated heterocycles. The number of rotatable bonds is 3. The maximum atomic E-state index is 12.9. The van der Waals surface area contributed by atoms with Gasteiger partial charge >= 0.3 is 6.03 Å². The van der Waals surface area contributed by atoms with Crippen LogP contribution in [-0.2, 0) is 18.5 Å². The van der Waals surface area contributed by atoms with Crippen LogP contribution in [0, 0.1) is 5.82 Å².